The molecule has 0 unspecified atom stereocenters. The molecule has 1 aromatic rings. The fraction of sp³-hybridized carbons (Fsp3) is 0.474. The number of esters is 1. The number of benzene rings is 1. The lowest BCUT2D eigenvalue weighted by Gasteiger charge is -2.29. The van der Waals surface area contributed by atoms with Gasteiger partial charge in [-0.1, -0.05) is 29.8 Å². The van der Waals surface area contributed by atoms with Crippen molar-refractivity contribution in [2.24, 2.45) is 0 Å². The van der Waals surface area contributed by atoms with Crippen LogP contribution in [0.25, 0.3) is 6.08 Å². The number of sulfone groups is 1. The minimum absolute atomic E-state index is 0.0272. The smallest absolute Gasteiger partial charge is 0.331 e. The van der Waals surface area contributed by atoms with E-state index in [1.807, 2.05) is 31.2 Å². The normalized spacial score (nSPS) is 20.0. The zero-order chi connectivity index (χ0) is 19.3. The van der Waals surface area contributed by atoms with E-state index < -0.39 is 21.9 Å². The Morgan fingerprint density at radius 3 is 2.50 bits per heavy atom. The van der Waals surface area contributed by atoms with E-state index in [1.54, 1.807) is 13.0 Å². The summed E-state index contributed by atoms with van der Waals surface area (Å²) >= 11 is 0. The molecule has 6 nitrogen and oxygen atoms in total. The van der Waals surface area contributed by atoms with Crippen LogP contribution in [0.5, 0.6) is 0 Å². The zero-order valence-electron chi connectivity index (χ0n) is 15.3. The fourth-order valence-electron chi connectivity index (χ4n) is 2.95. The predicted octanol–water partition coefficient (Wildman–Crippen LogP) is 1.98. The molecule has 26 heavy (non-hydrogen) atoms. The summed E-state index contributed by atoms with van der Waals surface area (Å²) in [5, 5.41) is 0. The molecule has 2 atom stereocenters. The van der Waals surface area contributed by atoms with Gasteiger partial charge in [-0.25, -0.2) is 13.2 Å². The second-order valence-corrected chi connectivity index (χ2v) is 8.73. The van der Waals surface area contributed by atoms with Gasteiger partial charge in [0.25, 0.3) is 5.91 Å². The van der Waals surface area contributed by atoms with Gasteiger partial charge in [0.15, 0.2) is 15.9 Å². The molecule has 7 heteroatoms. The molecule has 0 saturated carbocycles. The van der Waals surface area contributed by atoms with Gasteiger partial charge in [-0.3, -0.25) is 4.79 Å². The SMILES string of the molecule is CCN(C(=O)[C@H](C)OC(=O)/C=C/c1ccc(C)cc1)[C@@H]1CCS(=O)(=O)C1. The summed E-state index contributed by atoms with van der Waals surface area (Å²) < 4.78 is 28.5. The molecule has 0 bridgehead atoms. The Hall–Kier alpha value is -2.15. The molecular formula is C19H25NO5S. The molecule has 142 valence electrons. The molecule has 1 aromatic carbocycles. The lowest BCUT2D eigenvalue weighted by Crippen LogP contribution is -2.46. The maximum Gasteiger partial charge on any atom is 0.331 e. The number of carbonyl (C=O) groups is 2. The number of ether oxygens (including phenoxy) is 1. The minimum atomic E-state index is -3.09. The highest BCUT2D eigenvalue weighted by Crippen LogP contribution is 2.19. The average Bonchev–Trinajstić information content (AvgIpc) is 2.94. The van der Waals surface area contributed by atoms with Gasteiger partial charge in [0.05, 0.1) is 11.5 Å². The number of rotatable bonds is 6. The topological polar surface area (TPSA) is 80.8 Å². The number of nitrogens with zero attached hydrogens (tertiary/aromatic N) is 1. The molecular weight excluding hydrogens is 354 g/mol. The van der Waals surface area contributed by atoms with Crippen molar-refractivity contribution in [3.63, 3.8) is 0 Å². The standard InChI is InChI=1S/C19H25NO5S/c1-4-20(17-11-12-26(23,24)13-17)19(22)15(3)25-18(21)10-9-16-7-5-14(2)6-8-16/h5-10,15,17H,4,11-13H2,1-3H3/b10-9+/t15-,17+/m0/s1. The predicted molar refractivity (Wildman–Crippen MR) is 100 cm³/mol. The summed E-state index contributed by atoms with van der Waals surface area (Å²) in [7, 11) is -3.09. The molecule has 0 aromatic heterocycles. The molecule has 1 aliphatic heterocycles. The highest BCUT2D eigenvalue weighted by atomic mass is 32.2. The molecule has 1 heterocycles. The summed E-state index contributed by atoms with van der Waals surface area (Å²) in [6, 6.07) is 7.29. The van der Waals surface area contributed by atoms with E-state index in [1.165, 1.54) is 17.9 Å². The number of amides is 1. The van der Waals surface area contributed by atoms with Crippen LogP contribution in [0.15, 0.2) is 30.3 Å². The quantitative estimate of drug-likeness (QED) is 0.558. The molecule has 1 aliphatic rings. The van der Waals surface area contributed by atoms with Crippen molar-refractivity contribution < 1.29 is 22.7 Å². The number of aryl methyl sites for hydroxylation is 1. The first-order valence-electron chi connectivity index (χ1n) is 8.68. The number of hydrogen-bond donors (Lipinski definition) is 0. The Kier molecular flexibility index (Phi) is 6.58. The summed E-state index contributed by atoms with van der Waals surface area (Å²) in [4.78, 5) is 26.0. The Bertz CT molecular complexity index is 783. The first-order chi connectivity index (χ1) is 12.2. The Morgan fingerprint density at radius 2 is 1.96 bits per heavy atom. The van der Waals surface area contributed by atoms with Gasteiger partial charge in [0.1, 0.15) is 0 Å². The molecule has 1 saturated heterocycles. The maximum absolute atomic E-state index is 12.5. The van der Waals surface area contributed by atoms with Crippen LogP contribution in [0.3, 0.4) is 0 Å². The van der Waals surface area contributed by atoms with Crippen molar-refractivity contribution >= 4 is 27.8 Å². The highest BCUT2D eigenvalue weighted by molar-refractivity contribution is 7.91. The van der Waals surface area contributed by atoms with Crippen LogP contribution in [0.2, 0.25) is 0 Å². The first-order valence-corrected chi connectivity index (χ1v) is 10.5. The number of carbonyl (C=O) groups excluding carboxylic acids is 2. The van der Waals surface area contributed by atoms with Gasteiger partial charge in [-0.05, 0) is 38.8 Å². The van der Waals surface area contributed by atoms with Crippen molar-refractivity contribution in [2.45, 2.75) is 39.3 Å². The number of hydrogen-bond acceptors (Lipinski definition) is 5. The van der Waals surface area contributed by atoms with Crippen molar-refractivity contribution in [3.8, 4) is 0 Å². The van der Waals surface area contributed by atoms with Crippen molar-refractivity contribution in [1.82, 2.24) is 4.90 Å². The van der Waals surface area contributed by atoms with E-state index in [-0.39, 0.29) is 23.5 Å². The molecule has 2 rings (SSSR count). The average molecular weight is 379 g/mol. The third-order valence-electron chi connectivity index (χ3n) is 4.40. The zero-order valence-corrected chi connectivity index (χ0v) is 16.2. The van der Waals surface area contributed by atoms with Gasteiger partial charge < -0.3 is 9.64 Å². The molecule has 1 fully saturated rings. The van der Waals surface area contributed by atoms with Gasteiger partial charge in [0, 0.05) is 18.7 Å². The largest absolute Gasteiger partial charge is 0.449 e. The summed E-state index contributed by atoms with van der Waals surface area (Å²) in [6.07, 6.45) is 2.37. The lowest BCUT2D eigenvalue weighted by molar-refractivity contribution is -0.156. The van der Waals surface area contributed by atoms with Crippen LogP contribution in [0, 0.1) is 6.92 Å². The summed E-state index contributed by atoms with van der Waals surface area (Å²) in [6.45, 7) is 5.64. The second kappa shape index (κ2) is 8.49. The second-order valence-electron chi connectivity index (χ2n) is 6.50. The van der Waals surface area contributed by atoms with Crippen molar-refractivity contribution in [2.75, 3.05) is 18.1 Å². The molecule has 0 N–H and O–H groups in total. The van der Waals surface area contributed by atoms with E-state index in [9.17, 15) is 18.0 Å². The van der Waals surface area contributed by atoms with Gasteiger partial charge >= 0.3 is 5.97 Å². The summed E-state index contributed by atoms with van der Waals surface area (Å²) in [5.74, 6) is -0.914. The monoisotopic (exact) mass is 379 g/mol. The molecule has 1 amide bonds. The fourth-order valence-corrected chi connectivity index (χ4v) is 4.69. The lowest BCUT2D eigenvalue weighted by atomic mass is 10.1. The van der Waals surface area contributed by atoms with Crippen LogP contribution in [0.1, 0.15) is 31.4 Å². The number of likely N-dealkylation sites (N-methyl/N-ethyl adjacent to an activating group) is 1. The molecule has 0 spiro atoms. The van der Waals surface area contributed by atoms with Crippen LogP contribution in [0.4, 0.5) is 0 Å². The molecule has 0 radical (unpaired) electrons. The van der Waals surface area contributed by atoms with E-state index in [4.69, 9.17) is 4.74 Å². The third kappa shape index (κ3) is 5.42. The maximum atomic E-state index is 12.5. The van der Waals surface area contributed by atoms with E-state index in [0.29, 0.717) is 13.0 Å². The summed E-state index contributed by atoms with van der Waals surface area (Å²) in [5.41, 5.74) is 1.98. The van der Waals surface area contributed by atoms with Gasteiger partial charge in [0.2, 0.25) is 0 Å². The van der Waals surface area contributed by atoms with E-state index in [0.717, 1.165) is 11.1 Å². The third-order valence-corrected chi connectivity index (χ3v) is 6.15. The van der Waals surface area contributed by atoms with E-state index >= 15 is 0 Å². The van der Waals surface area contributed by atoms with Crippen LogP contribution in [-0.2, 0) is 24.2 Å². The Balaban J connectivity index is 1.94. The van der Waals surface area contributed by atoms with E-state index in [2.05, 4.69) is 0 Å². The first kappa shape index (κ1) is 20.2. The van der Waals surface area contributed by atoms with Crippen LogP contribution < -0.4 is 0 Å². The van der Waals surface area contributed by atoms with Crippen molar-refractivity contribution in [3.05, 3.63) is 41.5 Å². The van der Waals surface area contributed by atoms with Crippen LogP contribution in [-0.4, -0.2) is 55.4 Å². The highest BCUT2D eigenvalue weighted by Gasteiger charge is 2.36. The molecule has 0 aliphatic carbocycles. The van der Waals surface area contributed by atoms with Crippen molar-refractivity contribution in [1.29, 1.82) is 0 Å². The van der Waals surface area contributed by atoms with Crippen LogP contribution >= 0.6 is 0 Å². The van der Waals surface area contributed by atoms with Gasteiger partial charge in [-0.15, -0.1) is 0 Å². The van der Waals surface area contributed by atoms with Gasteiger partial charge in [-0.2, -0.15) is 0 Å². The Morgan fingerprint density at radius 1 is 1.31 bits per heavy atom. The minimum Gasteiger partial charge on any atom is -0.449 e. The Labute approximate surface area is 154 Å².